The Hall–Kier alpha value is -1.99. The van der Waals surface area contributed by atoms with Gasteiger partial charge in [-0.3, -0.25) is 4.79 Å². The van der Waals surface area contributed by atoms with E-state index in [1.807, 2.05) is 33.8 Å². The largest absolute Gasteiger partial charge is 0.313 e. The number of rotatable bonds is 4. The van der Waals surface area contributed by atoms with E-state index in [1.165, 1.54) is 12.4 Å². The van der Waals surface area contributed by atoms with Crippen molar-refractivity contribution in [1.82, 2.24) is 14.7 Å². The first-order valence-corrected chi connectivity index (χ1v) is 9.14. The lowest BCUT2D eigenvalue weighted by Crippen LogP contribution is -2.26. The number of nitrogens with zero attached hydrogens (tertiary/aromatic N) is 1. The third-order valence-electron chi connectivity index (χ3n) is 3.95. The molecule has 0 atom stereocenters. The second-order valence-electron chi connectivity index (χ2n) is 6.89. The van der Waals surface area contributed by atoms with Gasteiger partial charge in [0.2, 0.25) is 10.0 Å². The number of aromatic nitrogens is 2. The smallest absolute Gasteiger partial charge is 0.250 e. The molecule has 130 valence electrons. The summed E-state index contributed by atoms with van der Waals surface area (Å²) in [6.07, 6.45) is 1.25. The van der Waals surface area contributed by atoms with Crippen molar-refractivity contribution in [1.29, 1.82) is 0 Å². The highest BCUT2D eigenvalue weighted by atomic mass is 32.2. The standard InChI is InChI=1S/C17H23N3O3S/c1-11-6-13(17(3,4)5)7-15(12(11)2)24(22,23)20-9-14-8-16(21)19-10-18-14/h6-8,10,20H,9H2,1-5H3,(H,18,19,21). The summed E-state index contributed by atoms with van der Waals surface area (Å²) < 4.78 is 28.0. The average molecular weight is 349 g/mol. The summed E-state index contributed by atoms with van der Waals surface area (Å²) in [4.78, 5) is 17.9. The molecular formula is C17H23N3O3S. The van der Waals surface area contributed by atoms with E-state index >= 15 is 0 Å². The summed E-state index contributed by atoms with van der Waals surface area (Å²) in [5.41, 5.74) is 2.49. The number of benzene rings is 1. The van der Waals surface area contributed by atoms with Crippen LogP contribution in [0.15, 0.2) is 34.2 Å². The lowest BCUT2D eigenvalue weighted by molar-refractivity contribution is 0.573. The molecule has 1 aromatic heterocycles. The van der Waals surface area contributed by atoms with Gasteiger partial charge in [-0.1, -0.05) is 26.8 Å². The molecular weight excluding hydrogens is 326 g/mol. The molecule has 0 spiro atoms. The van der Waals surface area contributed by atoms with E-state index < -0.39 is 10.0 Å². The monoisotopic (exact) mass is 349 g/mol. The third kappa shape index (κ3) is 4.10. The molecule has 7 heteroatoms. The Balaban J connectivity index is 2.38. The molecule has 1 heterocycles. The van der Waals surface area contributed by atoms with Crippen molar-refractivity contribution in [2.24, 2.45) is 0 Å². The Bertz CT molecular complexity index is 909. The number of aromatic amines is 1. The first-order valence-electron chi connectivity index (χ1n) is 7.66. The molecule has 0 bridgehead atoms. The second kappa shape index (κ2) is 6.49. The fourth-order valence-corrected chi connectivity index (χ4v) is 3.63. The molecule has 0 aliphatic carbocycles. The van der Waals surface area contributed by atoms with Crippen molar-refractivity contribution in [2.75, 3.05) is 0 Å². The van der Waals surface area contributed by atoms with Crippen LogP contribution in [0.5, 0.6) is 0 Å². The molecule has 0 aliphatic heterocycles. The van der Waals surface area contributed by atoms with Crippen molar-refractivity contribution < 1.29 is 8.42 Å². The van der Waals surface area contributed by atoms with Crippen LogP contribution in [0.25, 0.3) is 0 Å². The Labute approximate surface area is 142 Å². The number of hydrogen-bond acceptors (Lipinski definition) is 4. The van der Waals surface area contributed by atoms with Crippen molar-refractivity contribution in [3.8, 4) is 0 Å². The van der Waals surface area contributed by atoms with E-state index in [9.17, 15) is 13.2 Å². The second-order valence-corrected chi connectivity index (χ2v) is 8.63. The third-order valence-corrected chi connectivity index (χ3v) is 5.48. The van der Waals surface area contributed by atoms with E-state index in [-0.39, 0.29) is 22.4 Å². The topological polar surface area (TPSA) is 91.9 Å². The van der Waals surface area contributed by atoms with Gasteiger partial charge < -0.3 is 4.98 Å². The predicted octanol–water partition coefficient (Wildman–Crippen LogP) is 2.16. The maximum Gasteiger partial charge on any atom is 0.250 e. The first kappa shape index (κ1) is 18.4. The highest BCUT2D eigenvalue weighted by Crippen LogP contribution is 2.29. The average Bonchev–Trinajstić information content (AvgIpc) is 2.46. The lowest BCUT2D eigenvalue weighted by Gasteiger charge is -2.22. The maximum atomic E-state index is 12.7. The van der Waals surface area contributed by atoms with Crippen molar-refractivity contribution >= 4 is 10.0 Å². The van der Waals surface area contributed by atoms with Gasteiger partial charge >= 0.3 is 0 Å². The van der Waals surface area contributed by atoms with Gasteiger partial charge in [-0.25, -0.2) is 18.1 Å². The minimum absolute atomic E-state index is 0.0372. The number of nitrogens with one attached hydrogen (secondary N) is 2. The molecule has 0 saturated carbocycles. The molecule has 0 aliphatic rings. The Morgan fingerprint density at radius 1 is 1.17 bits per heavy atom. The Morgan fingerprint density at radius 2 is 1.83 bits per heavy atom. The fraction of sp³-hybridized carbons (Fsp3) is 0.412. The Morgan fingerprint density at radius 3 is 2.42 bits per heavy atom. The first-order chi connectivity index (χ1) is 11.0. The van der Waals surface area contributed by atoms with Gasteiger partial charge in [0, 0.05) is 6.07 Å². The molecule has 1 aromatic carbocycles. The van der Waals surface area contributed by atoms with Gasteiger partial charge in [0.05, 0.1) is 23.5 Å². The van der Waals surface area contributed by atoms with E-state index in [1.54, 1.807) is 13.0 Å². The van der Waals surface area contributed by atoms with E-state index in [4.69, 9.17) is 0 Å². The van der Waals surface area contributed by atoms with Gasteiger partial charge in [-0.15, -0.1) is 0 Å². The van der Waals surface area contributed by atoms with Crippen LogP contribution in [-0.2, 0) is 22.0 Å². The van der Waals surface area contributed by atoms with Crippen LogP contribution < -0.4 is 10.3 Å². The molecule has 0 saturated heterocycles. The maximum absolute atomic E-state index is 12.7. The van der Waals surface area contributed by atoms with Crippen molar-refractivity contribution in [3.05, 3.63) is 57.3 Å². The van der Waals surface area contributed by atoms with Crippen LogP contribution in [0.4, 0.5) is 0 Å². The minimum atomic E-state index is -3.71. The van der Waals surface area contributed by atoms with Crippen LogP contribution in [-0.4, -0.2) is 18.4 Å². The highest BCUT2D eigenvalue weighted by Gasteiger charge is 2.23. The lowest BCUT2D eigenvalue weighted by atomic mass is 9.85. The zero-order valence-corrected chi connectivity index (χ0v) is 15.4. The van der Waals surface area contributed by atoms with Gasteiger partial charge in [0.15, 0.2) is 0 Å². The zero-order chi connectivity index (χ0) is 18.1. The fourth-order valence-electron chi connectivity index (χ4n) is 2.29. The number of hydrogen-bond donors (Lipinski definition) is 2. The van der Waals surface area contributed by atoms with Crippen molar-refractivity contribution in [3.63, 3.8) is 0 Å². The molecule has 2 rings (SSSR count). The summed E-state index contributed by atoms with van der Waals surface area (Å²) in [5, 5.41) is 0. The van der Waals surface area contributed by atoms with Crippen LogP contribution >= 0.6 is 0 Å². The predicted molar refractivity (Wildman–Crippen MR) is 93.5 cm³/mol. The molecule has 0 radical (unpaired) electrons. The summed E-state index contributed by atoms with van der Waals surface area (Å²) in [6, 6.07) is 5.01. The number of sulfonamides is 1. The van der Waals surface area contributed by atoms with Gasteiger partial charge in [-0.2, -0.15) is 0 Å². The van der Waals surface area contributed by atoms with E-state index in [0.717, 1.165) is 16.7 Å². The quantitative estimate of drug-likeness (QED) is 0.885. The molecule has 6 nitrogen and oxygen atoms in total. The van der Waals surface area contributed by atoms with Crippen molar-refractivity contribution in [2.45, 2.75) is 51.5 Å². The summed E-state index contributed by atoms with van der Waals surface area (Å²) >= 11 is 0. The molecule has 0 fully saturated rings. The summed E-state index contributed by atoms with van der Waals surface area (Å²) in [6.45, 7) is 9.79. The number of aryl methyl sites for hydroxylation is 1. The zero-order valence-electron chi connectivity index (χ0n) is 14.6. The molecule has 0 amide bonds. The van der Waals surface area contributed by atoms with Gasteiger partial charge in [0.25, 0.3) is 5.56 Å². The SMILES string of the molecule is Cc1cc(C(C)(C)C)cc(S(=O)(=O)NCc2cc(=O)[nH]cn2)c1C. The van der Waals surface area contributed by atoms with Gasteiger partial charge in [0.1, 0.15) is 0 Å². The van der Waals surface area contributed by atoms with E-state index in [0.29, 0.717) is 5.69 Å². The molecule has 0 unspecified atom stereocenters. The van der Waals surface area contributed by atoms with Gasteiger partial charge in [-0.05, 0) is 42.0 Å². The highest BCUT2D eigenvalue weighted by molar-refractivity contribution is 7.89. The van der Waals surface area contributed by atoms with E-state index in [2.05, 4.69) is 14.7 Å². The summed E-state index contributed by atoms with van der Waals surface area (Å²) in [5.74, 6) is 0. The number of H-pyrrole nitrogens is 1. The normalized spacial score (nSPS) is 12.4. The molecule has 24 heavy (non-hydrogen) atoms. The van der Waals surface area contributed by atoms with Crippen LogP contribution in [0.2, 0.25) is 0 Å². The Kier molecular flexibility index (Phi) is 4.96. The minimum Gasteiger partial charge on any atom is -0.313 e. The van der Waals surface area contributed by atoms with Crippen LogP contribution in [0.1, 0.15) is 43.2 Å². The summed E-state index contributed by atoms with van der Waals surface area (Å²) in [7, 11) is -3.71. The molecule has 2 N–H and O–H groups in total. The van der Waals surface area contributed by atoms with Crippen LogP contribution in [0, 0.1) is 13.8 Å². The van der Waals surface area contributed by atoms with Crippen LogP contribution in [0.3, 0.4) is 0 Å². The molecule has 2 aromatic rings.